The molecule has 3 rings (SSSR count). The molecule has 19 heavy (non-hydrogen) atoms. The third kappa shape index (κ3) is 2.88. The first-order valence-corrected chi connectivity index (χ1v) is 8.41. The molecular formula is C12H14N2O3S2. The lowest BCUT2D eigenvalue weighted by molar-refractivity contribution is 0.377. The van der Waals surface area contributed by atoms with Crippen LogP contribution in [-0.2, 0) is 16.6 Å². The van der Waals surface area contributed by atoms with E-state index >= 15 is 0 Å². The summed E-state index contributed by atoms with van der Waals surface area (Å²) in [4.78, 5) is 0. The molecule has 0 aliphatic heterocycles. The molecule has 2 aromatic heterocycles. The van der Waals surface area contributed by atoms with Crippen molar-refractivity contribution in [3.8, 4) is 0 Å². The second-order valence-corrected chi connectivity index (χ2v) is 7.67. The first-order valence-electron chi connectivity index (χ1n) is 6.05. The number of thiophene rings is 1. The summed E-state index contributed by atoms with van der Waals surface area (Å²) in [6, 6.07) is 3.49. The highest BCUT2D eigenvalue weighted by molar-refractivity contribution is 7.91. The van der Waals surface area contributed by atoms with E-state index < -0.39 is 10.0 Å². The third-order valence-electron chi connectivity index (χ3n) is 2.97. The molecule has 5 nitrogen and oxygen atoms in total. The molecule has 0 bridgehead atoms. The summed E-state index contributed by atoms with van der Waals surface area (Å²) in [7, 11) is -3.45. The molecule has 0 amide bonds. The maximum atomic E-state index is 12.0. The molecular weight excluding hydrogens is 284 g/mol. The fourth-order valence-electron chi connectivity index (χ4n) is 1.76. The number of rotatable bonds is 5. The van der Waals surface area contributed by atoms with Crippen molar-refractivity contribution in [1.29, 1.82) is 0 Å². The van der Waals surface area contributed by atoms with Crippen molar-refractivity contribution in [2.45, 2.75) is 36.4 Å². The summed E-state index contributed by atoms with van der Waals surface area (Å²) in [6.45, 7) is 2.03. The van der Waals surface area contributed by atoms with Gasteiger partial charge in [-0.3, -0.25) is 0 Å². The van der Waals surface area contributed by atoms with Crippen LogP contribution in [-0.4, -0.2) is 13.6 Å². The standard InChI is InChI=1S/C12H14N2O3S2/c1-8-4-12(18-7-8)19(15,16)13-6-10-5-11(17-14-10)9-2-3-9/h4-5,7,9,13H,2-3,6H2,1H3. The van der Waals surface area contributed by atoms with Gasteiger partial charge in [0.05, 0.1) is 12.2 Å². The fourth-order valence-corrected chi connectivity index (χ4v) is 4.03. The minimum absolute atomic E-state index is 0.162. The van der Waals surface area contributed by atoms with Crippen LogP contribution in [0.15, 0.2) is 26.2 Å². The van der Waals surface area contributed by atoms with Crippen LogP contribution in [0.25, 0.3) is 0 Å². The molecule has 1 saturated carbocycles. The summed E-state index contributed by atoms with van der Waals surface area (Å²) in [6.07, 6.45) is 2.27. The molecule has 2 aromatic rings. The van der Waals surface area contributed by atoms with Crippen LogP contribution in [0.4, 0.5) is 0 Å². The molecule has 0 spiro atoms. The van der Waals surface area contributed by atoms with E-state index in [0.717, 1.165) is 24.2 Å². The summed E-state index contributed by atoms with van der Waals surface area (Å²) in [5, 5.41) is 5.70. The van der Waals surface area contributed by atoms with Crippen molar-refractivity contribution in [1.82, 2.24) is 9.88 Å². The topological polar surface area (TPSA) is 72.2 Å². The number of hydrogen-bond donors (Lipinski definition) is 1. The molecule has 0 atom stereocenters. The zero-order valence-electron chi connectivity index (χ0n) is 10.4. The number of sulfonamides is 1. The van der Waals surface area contributed by atoms with Crippen molar-refractivity contribution < 1.29 is 12.9 Å². The molecule has 2 heterocycles. The van der Waals surface area contributed by atoms with Gasteiger partial charge in [0.1, 0.15) is 9.97 Å². The fraction of sp³-hybridized carbons (Fsp3) is 0.417. The number of nitrogens with zero attached hydrogens (tertiary/aromatic N) is 1. The van der Waals surface area contributed by atoms with Crippen molar-refractivity contribution in [3.63, 3.8) is 0 Å². The normalized spacial score (nSPS) is 15.8. The van der Waals surface area contributed by atoms with Crippen LogP contribution in [0.1, 0.15) is 35.8 Å². The van der Waals surface area contributed by atoms with E-state index in [-0.39, 0.29) is 6.54 Å². The number of aryl methyl sites for hydroxylation is 1. The predicted molar refractivity (Wildman–Crippen MR) is 71.6 cm³/mol. The van der Waals surface area contributed by atoms with Gasteiger partial charge in [0.15, 0.2) is 0 Å². The van der Waals surface area contributed by atoms with E-state index in [9.17, 15) is 8.42 Å². The van der Waals surface area contributed by atoms with Gasteiger partial charge in [-0.15, -0.1) is 11.3 Å². The van der Waals surface area contributed by atoms with E-state index in [1.54, 1.807) is 6.07 Å². The van der Waals surface area contributed by atoms with Crippen molar-refractivity contribution in [2.24, 2.45) is 0 Å². The zero-order chi connectivity index (χ0) is 13.5. The molecule has 102 valence electrons. The Kier molecular flexibility index (Phi) is 3.20. The molecule has 0 radical (unpaired) electrons. The van der Waals surface area contributed by atoms with Crippen LogP contribution in [0.3, 0.4) is 0 Å². The van der Waals surface area contributed by atoms with Crippen LogP contribution in [0.5, 0.6) is 0 Å². The average Bonchev–Trinajstić information content (AvgIpc) is 2.94. The van der Waals surface area contributed by atoms with Crippen LogP contribution >= 0.6 is 11.3 Å². The van der Waals surface area contributed by atoms with Gasteiger partial charge in [-0.2, -0.15) is 0 Å². The summed E-state index contributed by atoms with van der Waals surface area (Å²) in [5.74, 6) is 1.35. The lowest BCUT2D eigenvalue weighted by Crippen LogP contribution is -2.22. The van der Waals surface area contributed by atoms with Gasteiger partial charge >= 0.3 is 0 Å². The van der Waals surface area contributed by atoms with Crippen LogP contribution in [0.2, 0.25) is 0 Å². The summed E-state index contributed by atoms with van der Waals surface area (Å²) in [5.41, 5.74) is 1.57. The maximum absolute atomic E-state index is 12.0. The van der Waals surface area contributed by atoms with Gasteiger partial charge in [0, 0.05) is 12.0 Å². The van der Waals surface area contributed by atoms with Gasteiger partial charge in [-0.1, -0.05) is 5.16 Å². The van der Waals surface area contributed by atoms with Crippen LogP contribution in [0, 0.1) is 6.92 Å². The molecule has 1 fully saturated rings. The summed E-state index contributed by atoms with van der Waals surface area (Å²) >= 11 is 1.22. The smallest absolute Gasteiger partial charge is 0.250 e. The second kappa shape index (κ2) is 4.73. The molecule has 1 aliphatic rings. The van der Waals surface area contributed by atoms with Gasteiger partial charge in [0.2, 0.25) is 10.0 Å². The minimum atomic E-state index is -3.45. The van der Waals surface area contributed by atoms with E-state index in [0.29, 0.717) is 15.8 Å². The predicted octanol–water partition coefficient (Wildman–Crippen LogP) is 2.40. The highest BCUT2D eigenvalue weighted by Gasteiger charge is 2.28. The van der Waals surface area contributed by atoms with Crippen molar-refractivity contribution in [3.05, 3.63) is 34.5 Å². The molecule has 1 N–H and O–H groups in total. The zero-order valence-corrected chi connectivity index (χ0v) is 12.1. The Hall–Kier alpha value is -1.18. The van der Waals surface area contributed by atoms with Crippen molar-refractivity contribution in [2.75, 3.05) is 0 Å². The first-order chi connectivity index (χ1) is 9.04. The van der Waals surface area contributed by atoms with Crippen molar-refractivity contribution >= 4 is 21.4 Å². The van der Waals surface area contributed by atoms with Gasteiger partial charge < -0.3 is 4.52 Å². The average molecular weight is 298 g/mol. The monoisotopic (exact) mass is 298 g/mol. The Morgan fingerprint density at radius 2 is 2.26 bits per heavy atom. The largest absolute Gasteiger partial charge is 0.361 e. The SMILES string of the molecule is Cc1csc(S(=O)(=O)NCc2cc(C3CC3)on2)c1. The number of aromatic nitrogens is 1. The second-order valence-electron chi connectivity index (χ2n) is 4.76. The molecule has 0 saturated heterocycles. The molecule has 1 aliphatic carbocycles. The van der Waals surface area contributed by atoms with Gasteiger partial charge in [-0.05, 0) is 36.8 Å². The summed E-state index contributed by atoms with van der Waals surface area (Å²) < 4.78 is 32.1. The number of hydrogen-bond acceptors (Lipinski definition) is 5. The Morgan fingerprint density at radius 3 is 2.89 bits per heavy atom. The Bertz CT molecular complexity index is 683. The molecule has 0 unspecified atom stereocenters. The van der Waals surface area contributed by atoms with E-state index in [1.807, 2.05) is 18.4 Å². The Labute approximate surface area is 115 Å². The van der Waals surface area contributed by atoms with E-state index in [4.69, 9.17) is 4.52 Å². The van der Waals surface area contributed by atoms with E-state index in [2.05, 4.69) is 9.88 Å². The Morgan fingerprint density at radius 1 is 1.47 bits per heavy atom. The van der Waals surface area contributed by atoms with E-state index in [1.165, 1.54) is 11.3 Å². The highest BCUT2D eigenvalue weighted by Crippen LogP contribution is 2.40. The quantitative estimate of drug-likeness (QED) is 0.920. The molecule has 7 heteroatoms. The maximum Gasteiger partial charge on any atom is 0.250 e. The lowest BCUT2D eigenvalue weighted by Gasteiger charge is -2.01. The highest BCUT2D eigenvalue weighted by atomic mass is 32.2. The minimum Gasteiger partial charge on any atom is -0.361 e. The lowest BCUT2D eigenvalue weighted by atomic mass is 10.3. The van der Waals surface area contributed by atoms with Gasteiger partial charge in [-0.25, -0.2) is 13.1 Å². The number of nitrogens with one attached hydrogen (secondary N) is 1. The third-order valence-corrected chi connectivity index (χ3v) is 5.93. The Balaban J connectivity index is 1.67. The van der Waals surface area contributed by atoms with Crippen LogP contribution < -0.4 is 4.72 Å². The first kappa shape index (κ1) is 12.8. The molecule has 0 aromatic carbocycles. The van der Waals surface area contributed by atoms with Gasteiger partial charge in [0.25, 0.3) is 0 Å².